The summed E-state index contributed by atoms with van der Waals surface area (Å²) in [6.07, 6.45) is 17.3. The molecule has 0 unspecified atom stereocenters. The van der Waals surface area contributed by atoms with Crippen LogP contribution in [0.5, 0.6) is 0 Å². The first-order chi connectivity index (χ1) is 26.4. The minimum Gasteiger partial charge on any atom is -0.354 e. The molecular weight excluding hydrogens is 741 g/mol. The molecular formula is C45H70N4O5S2. The summed E-state index contributed by atoms with van der Waals surface area (Å²) in [5, 5.41) is 6.34. The predicted molar refractivity (Wildman–Crippen MR) is 238 cm³/mol. The van der Waals surface area contributed by atoms with Gasteiger partial charge in [-0.25, -0.2) is 16.8 Å². The molecule has 0 aliphatic carbocycles. The Balaban J connectivity index is 1.81. The molecule has 3 rings (SSSR count). The molecule has 1 amide bonds. The van der Waals surface area contributed by atoms with E-state index in [9.17, 15) is 21.6 Å². The summed E-state index contributed by atoms with van der Waals surface area (Å²) in [5.41, 5.74) is 5.68. The average molecular weight is 811 g/mol. The number of aryl methyl sites for hydroxylation is 1. The van der Waals surface area contributed by atoms with Crippen molar-refractivity contribution in [3.8, 4) is 0 Å². The van der Waals surface area contributed by atoms with Crippen molar-refractivity contribution in [2.75, 3.05) is 26.3 Å². The van der Waals surface area contributed by atoms with Crippen molar-refractivity contribution in [2.45, 2.75) is 168 Å². The molecule has 0 aliphatic heterocycles. The maximum absolute atomic E-state index is 14.3. The molecule has 56 heavy (non-hydrogen) atoms. The Morgan fingerprint density at radius 2 is 1.09 bits per heavy atom. The van der Waals surface area contributed by atoms with E-state index < -0.39 is 20.0 Å². The highest BCUT2D eigenvalue weighted by molar-refractivity contribution is 7.93. The summed E-state index contributed by atoms with van der Waals surface area (Å²) in [5.74, 6) is 0.0297. The van der Waals surface area contributed by atoms with Crippen LogP contribution < -0.4 is 20.1 Å². The summed E-state index contributed by atoms with van der Waals surface area (Å²) >= 11 is 0. The number of nitrogens with one attached hydrogen (secondary N) is 4. The molecule has 0 radical (unpaired) electrons. The minimum absolute atomic E-state index is 0.0270. The fraction of sp³-hybridized carbons (Fsp3) is 0.578. The molecule has 0 fully saturated rings. The summed E-state index contributed by atoms with van der Waals surface area (Å²) in [4.78, 5) is 13.7. The van der Waals surface area contributed by atoms with Crippen LogP contribution in [0.3, 0.4) is 0 Å². The second kappa shape index (κ2) is 22.4. The Morgan fingerprint density at radius 3 is 1.59 bits per heavy atom. The van der Waals surface area contributed by atoms with Gasteiger partial charge in [-0.05, 0) is 83.7 Å². The Morgan fingerprint density at radius 1 is 0.589 bits per heavy atom. The van der Waals surface area contributed by atoms with Crippen molar-refractivity contribution < 1.29 is 21.6 Å². The van der Waals surface area contributed by atoms with Crippen molar-refractivity contribution in [3.05, 3.63) is 70.8 Å². The van der Waals surface area contributed by atoms with Crippen LogP contribution in [0.4, 0.5) is 28.4 Å². The Kier molecular flexibility index (Phi) is 18.7. The van der Waals surface area contributed by atoms with Gasteiger partial charge < -0.3 is 10.6 Å². The van der Waals surface area contributed by atoms with E-state index in [0.717, 1.165) is 47.8 Å². The van der Waals surface area contributed by atoms with Gasteiger partial charge in [0.15, 0.2) is 0 Å². The number of anilines is 5. The number of carbonyl (C=O) groups is 1. The van der Waals surface area contributed by atoms with Crippen molar-refractivity contribution in [2.24, 2.45) is 0 Å². The minimum atomic E-state index is -4.04. The fourth-order valence-electron chi connectivity index (χ4n) is 6.91. The number of sulfonamides is 2. The molecule has 11 heteroatoms. The van der Waals surface area contributed by atoms with E-state index in [1.54, 1.807) is 30.3 Å². The van der Waals surface area contributed by atoms with Gasteiger partial charge in [0.1, 0.15) is 0 Å². The molecule has 0 saturated heterocycles. The number of rotatable bonds is 25. The zero-order valence-electron chi connectivity index (χ0n) is 35.6. The lowest BCUT2D eigenvalue weighted by Crippen LogP contribution is -2.19. The van der Waals surface area contributed by atoms with E-state index in [4.69, 9.17) is 0 Å². The van der Waals surface area contributed by atoms with Crippen LogP contribution in [-0.2, 0) is 24.8 Å². The Labute approximate surface area is 339 Å². The second-order valence-electron chi connectivity index (χ2n) is 16.4. The topological polar surface area (TPSA) is 133 Å². The van der Waals surface area contributed by atoms with Gasteiger partial charge in [-0.3, -0.25) is 14.2 Å². The van der Waals surface area contributed by atoms with Crippen LogP contribution >= 0.6 is 0 Å². The molecule has 0 aromatic heterocycles. The van der Waals surface area contributed by atoms with Crippen molar-refractivity contribution in [3.63, 3.8) is 0 Å². The lowest BCUT2D eigenvalue weighted by molar-refractivity contribution is -0.116. The van der Waals surface area contributed by atoms with Crippen molar-refractivity contribution in [1.29, 1.82) is 0 Å². The van der Waals surface area contributed by atoms with Crippen LogP contribution in [0.15, 0.2) is 53.4 Å². The Bertz CT molecular complexity index is 1910. The number of benzene rings is 3. The third kappa shape index (κ3) is 15.4. The molecule has 0 atom stereocenters. The maximum Gasteiger partial charge on any atom is 0.262 e. The van der Waals surface area contributed by atoms with Crippen LogP contribution in [0.1, 0.15) is 178 Å². The van der Waals surface area contributed by atoms with E-state index in [-0.39, 0.29) is 23.7 Å². The first-order valence-corrected chi connectivity index (χ1v) is 24.3. The third-order valence-corrected chi connectivity index (χ3v) is 12.3. The van der Waals surface area contributed by atoms with Crippen LogP contribution in [-0.4, -0.2) is 29.0 Å². The number of hydrogen-bond donors (Lipinski definition) is 4. The molecule has 3 aromatic rings. The summed E-state index contributed by atoms with van der Waals surface area (Å²) in [7, 11) is -7.54. The SMILES string of the molecule is CCCCCCCCCCCCCCCC(=O)Nc1cc(NS(=O)(=O)c2c(C(C)C)cc(C(C)C)cc2C(C)C)ccc1Nc1ccc(C)c(NS(C)(=O)=O)c1. The van der Waals surface area contributed by atoms with Gasteiger partial charge in [-0.2, -0.15) is 0 Å². The Hall–Kier alpha value is -3.57. The summed E-state index contributed by atoms with van der Waals surface area (Å²) in [6.45, 7) is 16.3. The monoisotopic (exact) mass is 810 g/mol. The third-order valence-electron chi connectivity index (χ3n) is 10.2. The lowest BCUT2D eigenvalue weighted by Gasteiger charge is -2.23. The number of amides is 1. The van der Waals surface area contributed by atoms with Gasteiger partial charge >= 0.3 is 0 Å². The van der Waals surface area contributed by atoms with E-state index in [1.165, 1.54) is 64.2 Å². The van der Waals surface area contributed by atoms with Gasteiger partial charge in [0.25, 0.3) is 10.0 Å². The highest BCUT2D eigenvalue weighted by Gasteiger charge is 2.27. The number of unbranched alkanes of at least 4 members (excludes halogenated alkanes) is 12. The van der Waals surface area contributed by atoms with E-state index in [1.807, 2.05) is 52.8 Å². The molecule has 312 valence electrons. The van der Waals surface area contributed by atoms with Crippen molar-refractivity contribution >= 4 is 54.4 Å². The number of hydrogen-bond acceptors (Lipinski definition) is 6. The summed E-state index contributed by atoms with van der Waals surface area (Å²) in [6, 6.07) is 14.4. The van der Waals surface area contributed by atoms with Crippen LogP contribution in [0, 0.1) is 6.92 Å². The van der Waals surface area contributed by atoms with E-state index in [2.05, 4.69) is 40.8 Å². The summed E-state index contributed by atoms with van der Waals surface area (Å²) < 4.78 is 58.0. The van der Waals surface area contributed by atoms with Gasteiger partial charge in [-0.1, -0.05) is 144 Å². The molecule has 0 aliphatic rings. The highest BCUT2D eigenvalue weighted by Crippen LogP contribution is 2.37. The van der Waals surface area contributed by atoms with Gasteiger partial charge in [0, 0.05) is 12.1 Å². The molecule has 0 saturated carbocycles. The molecule has 3 aromatic carbocycles. The zero-order valence-corrected chi connectivity index (χ0v) is 37.2. The predicted octanol–water partition coefficient (Wildman–Crippen LogP) is 12.7. The average Bonchev–Trinajstić information content (AvgIpc) is 3.11. The van der Waals surface area contributed by atoms with E-state index in [0.29, 0.717) is 39.8 Å². The molecule has 0 bridgehead atoms. The van der Waals surface area contributed by atoms with Crippen LogP contribution in [0.25, 0.3) is 0 Å². The standard InChI is InChI=1S/C45H70N4O5S2/c1-10-11-12-13-14-15-16-17-18-19-20-21-22-23-44(50)47-43-31-38(26-27-41(43)46-37-25-24-35(8)42(30-37)49-55(9,51)52)48-56(53,54)45-39(33(4)5)28-36(32(2)3)29-40(45)34(6)7/h24-34,46,48-49H,10-23H2,1-9H3,(H,47,50). The largest absolute Gasteiger partial charge is 0.354 e. The first-order valence-electron chi connectivity index (χ1n) is 20.9. The van der Waals surface area contributed by atoms with Crippen LogP contribution in [0.2, 0.25) is 0 Å². The second-order valence-corrected chi connectivity index (χ2v) is 19.8. The van der Waals surface area contributed by atoms with E-state index >= 15 is 0 Å². The van der Waals surface area contributed by atoms with Gasteiger partial charge in [0.05, 0.1) is 33.9 Å². The van der Waals surface area contributed by atoms with Crippen molar-refractivity contribution in [1.82, 2.24) is 0 Å². The molecule has 9 nitrogen and oxygen atoms in total. The van der Waals surface area contributed by atoms with Gasteiger partial charge in [0.2, 0.25) is 15.9 Å². The number of carbonyl (C=O) groups excluding carboxylic acids is 1. The maximum atomic E-state index is 14.3. The zero-order chi connectivity index (χ0) is 41.5. The highest BCUT2D eigenvalue weighted by atomic mass is 32.2. The molecule has 0 heterocycles. The van der Waals surface area contributed by atoms with Gasteiger partial charge in [-0.15, -0.1) is 0 Å². The lowest BCUT2D eigenvalue weighted by atomic mass is 9.89. The quantitative estimate of drug-likeness (QED) is 0.0630. The molecule has 0 spiro atoms. The smallest absolute Gasteiger partial charge is 0.262 e. The fourth-order valence-corrected chi connectivity index (χ4v) is 9.28. The first kappa shape index (κ1) is 46.8. The normalized spacial score (nSPS) is 12.1. The molecule has 4 N–H and O–H groups in total.